The zero-order valence-electron chi connectivity index (χ0n) is 13.3. The number of nitrogens with zero attached hydrogens (tertiary/aromatic N) is 1. The number of hydrogen-bond acceptors (Lipinski definition) is 3. The molecular formula is C17H28N3O. The van der Waals surface area contributed by atoms with Crippen LogP contribution in [0.2, 0.25) is 0 Å². The second kappa shape index (κ2) is 7.26. The fourth-order valence-corrected chi connectivity index (χ4v) is 3.94. The number of rotatable bonds is 4. The first-order valence-electron chi connectivity index (χ1n) is 8.36. The topological polar surface area (TPSA) is 64.9 Å². The molecule has 1 saturated heterocycles. The zero-order valence-corrected chi connectivity index (χ0v) is 13.3. The van der Waals surface area contributed by atoms with Gasteiger partial charge in [0.1, 0.15) is 5.54 Å². The monoisotopic (exact) mass is 290 g/mol. The molecule has 1 saturated carbocycles. The molecule has 2 N–H and O–H groups in total. The third-order valence-corrected chi connectivity index (χ3v) is 4.82. The van der Waals surface area contributed by atoms with Gasteiger partial charge in [0, 0.05) is 18.5 Å². The maximum atomic E-state index is 12.2. The van der Waals surface area contributed by atoms with Crippen molar-refractivity contribution in [3.8, 4) is 6.07 Å². The van der Waals surface area contributed by atoms with Crippen LogP contribution in [-0.4, -0.2) is 23.5 Å². The molecule has 4 heteroatoms. The molecule has 2 aliphatic rings. The largest absolute Gasteiger partial charge is 0.337 e. The summed E-state index contributed by atoms with van der Waals surface area (Å²) in [5, 5.41) is 15.9. The van der Waals surface area contributed by atoms with Crippen LogP contribution in [0, 0.1) is 23.7 Å². The normalized spacial score (nSPS) is 34.1. The summed E-state index contributed by atoms with van der Waals surface area (Å²) in [5.74, 6) is 0.594. The number of carbonyl (C=O) groups is 1. The lowest BCUT2D eigenvalue weighted by atomic mass is 9.82. The van der Waals surface area contributed by atoms with Gasteiger partial charge in [-0.1, -0.05) is 32.1 Å². The van der Waals surface area contributed by atoms with E-state index in [2.05, 4.69) is 30.6 Å². The van der Waals surface area contributed by atoms with Gasteiger partial charge in [0.05, 0.1) is 6.07 Å². The number of nitriles is 1. The van der Waals surface area contributed by atoms with E-state index in [-0.39, 0.29) is 18.0 Å². The van der Waals surface area contributed by atoms with E-state index in [4.69, 9.17) is 0 Å². The second-order valence-corrected chi connectivity index (χ2v) is 7.00. The molecule has 0 bridgehead atoms. The Balaban J connectivity index is 1.83. The molecule has 21 heavy (non-hydrogen) atoms. The summed E-state index contributed by atoms with van der Waals surface area (Å²) < 4.78 is 0. The molecular weight excluding hydrogens is 262 g/mol. The molecule has 117 valence electrons. The summed E-state index contributed by atoms with van der Waals surface area (Å²) in [7, 11) is 0. The summed E-state index contributed by atoms with van der Waals surface area (Å²) in [4.78, 5) is 12.2. The van der Waals surface area contributed by atoms with Crippen molar-refractivity contribution in [2.75, 3.05) is 0 Å². The third-order valence-electron chi connectivity index (χ3n) is 4.82. The Kier molecular flexibility index (Phi) is 5.64. The van der Waals surface area contributed by atoms with Crippen LogP contribution < -0.4 is 10.6 Å². The van der Waals surface area contributed by atoms with E-state index in [0.29, 0.717) is 18.8 Å². The minimum absolute atomic E-state index is 0.0663. The van der Waals surface area contributed by atoms with Gasteiger partial charge in [0.15, 0.2) is 0 Å². The van der Waals surface area contributed by atoms with Crippen LogP contribution in [0.5, 0.6) is 0 Å². The first-order chi connectivity index (χ1) is 10.0. The lowest BCUT2D eigenvalue weighted by Gasteiger charge is -2.39. The van der Waals surface area contributed by atoms with Gasteiger partial charge in [-0.05, 0) is 39.0 Å². The summed E-state index contributed by atoms with van der Waals surface area (Å²) in [6.45, 7) is 4.14. The minimum Gasteiger partial charge on any atom is -0.337 e. The fourth-order valence-electron chi connectivity index (χ4n) is 3.94. The Morgan fingerprint density at radius 1 is 1.29 bits per heavy atom. The Morgan fingerprint density at radius 2 is 1.90 bits per heavy atom. The van der Waals surface area contributed by atoms with Crippen molar-refractivity contribution < 1.29 is 4.79 Å². The van der Waals surface area contributed by atoms with Gasteiger partial charge in [-0.3, -0.25) is 4.79 Å². The fraction of sp³-hybridized carbons (Fsp3) is 0.824. The molecule has 2 fully saturated rings. The van der Waals surface area contributed by atoms with Crippen molar-refractivity contribution in [1.29, 1.82) is 5.26 Å². The average molecular weight is 290 g/mol. The highest BCUT2D eigenvalue weighted by Gasteiger charge is 2.39. The lowest BCUT2D eigenvalue weighted by Crippen LogP contribution is -2.59. The molecule has 0 aromatic carbocycles. The van der Waals surface area contributed by atoms with Crippen molar-refractivity contribution >= 4 is 5.91 Å². The molecule has 0 aromatic heterocycles. The molecule has 1 amide bonds. The first-order valence-corrected chi connectivity index (χ1v) is 8.36. The van der Waals surface area contributed by atoms with Gasteiger partial charge >= 0.3 is 0 Å². The maximum Gasteiger partial charge on any atom is 0.225 e. The van der Waals surface area contributed by atoms with Gasteiger partial charge < -0.3 is 10.6 Å². The molecule has 2 unspecified atom stereocenters. The van der Waals surface area contributed by atoms with Crippen LogP contribution >= 0.6 is 0 Å². The minimum atomic E-state index is -0.704. The predicted molar refractivity (Wildman–Crippen MR) is 83.3 cm³/mol. The van der Waals surface area contributed by atoms with E-state index in [1.54, 1.807) is 6.42 Å². The van der Waals surface area contributed by atoms with E-state index in [1.165, 1.54) is 32.1 Å². The Hall–Kier alpha value is -1.08. The van der Waals surface area contributed by atoms with Crippen molar-refractivity contribution in [2.45, 2.75) is 82.8 Å². The summed E-state index contributed by atoms with van der Waals surface area (Å²) in [6.07, 6.45) is 10.4. The molecule has 1 aliphatic carbocycles. The molecule has 2 atom stereocenters. The molecule has 0 spiro atoms. The van der Waals surface area contributed by atoms with Crippen LogP contribution in [0.4, 0.5) is 0 Å². The van der Waals surface area contributed by atoms with E-state index in [9.17, 15) is 10.1 Å². The van der Waals surface area contributed by atoms with Crippen LogP contribution in [0.25, 0.3) is 0 Å². The summed E-state index contributed by atoms with van der Waals surface area (Å²) >= 11 is 0. The molecule has 4 nitrogen and oxygen atoms in total. The average Bonchev–Trinajstić information content (AvgIpc) is 2.45. The van der Waals surface area contributed by atoms with Crippen LogP contribution in [0.15, 0.2) is 0 Å². The zero-order chi connectivity index (χ0) is 15.3. The van der Waals surface area contributed by atoms with Gasteiger partial charge in [-0.15, -0.1) is 0 Å². The van der Waals surface area contributed by atoms with E-state index < -0.39 is 5.54 Å². The highest BCUT2D eigenvalue weighted by molar-refractivity contribution is 5.85. The summed E-state index contributed by atoms with van der Waals surface area (Å²) in [5.41, 5.74) is -0.704. The van der Waals surface area contributed by atoms with Crippen LogP contribution in [0.1, 0.15) is 65.2 Å². The Morgan fingerprint density at radius 3 is 2.48 bits per heavy atom. The third kappa shape index (κ3) is 4.71. The maximum absolute atomic E-state index is 12.2. The SMILES string of the molecule is CC1CC(C#N)(NC(=O)[CH]CC2CCCCC2)CC(C)N1. The van der Waals surface area contributed by atoms with E-state index in [1.807, 2.05) is 0 Å². The standard InChI is InChI=1S/C17H28N3O/c1-13-10-17(12-18,11-14(2)19-13)20-16(21)9-8-15-6-4-3-5-7-15/h9,13-15,19H,3-8,10-11H2,1-2H3,(H,20,21). The van der Waals surface area contributed by atoms with Crippen molar-refractivity contribution in [3.05, 3.63) is 6.42 Å². The van der Waals surface area contributed by atoms with Crippen molar-refractivity contribution in [3.63, 3.8) is 0 Å². The molecule has 1 aliphatic heterocycles. The number of nitrogens with one attached hydrogen (secondary N) is 2. The smallest absolute Gasteiger partial charge is 0.225 e. The Labute approximate surface area is 128 Å². The Bertz CT molecular complexity index is 385. The number of hydrogen-bond donors (Lipinski definition) is 2. The van der Waals surface area contributed by atoms with Gasteiger partial charge in [0.25, 0.3) is 0 Å². The van der Waals surface area contributed by atoms with Gasteiger partial charge in [-0.2, -0.15) is 5.26 Å². The highest BCUT2D eigenvalue weighted by atomic mass is 16.1. The van der Waals surface area contributed by atoms with Gasteiger partial charge in [0.2, 0.25) is 5.91 Å². The second-order valence-electron chi connectivity index (χ2n) is 7.00. The highest BCUT2D eigenvalue weighted by Crippen LogP contribution is 2.28. The van der Waals surface area contributed by atoms with Crippen molar-refractivity contribution in [1.82, 2.24) is 10.6 Å². The quantitative estimate of drug-likeness (QED) is 0.836. The molecule has 1 heterocycles. The number of carbonyl (C=O) groups excluding carboxylic acids is 1. The summed E-state index contributed by atoms with van der Waals surface area (Å²) in [6, 6.07) is 2.87. The van der Waals surface area contributed by atoms with Crippen molar-refractivity contribution in [2.24, 2.45) is 5.92 Å². The lowest BCUT2D eigenvalue weighted by molar-refractivity contribution is -0.119. The predicted octanol–water partition coefficient (Wildman–Crippen LogP) is 2.70. The van der Waals surface area contributed by atoms with Crippen LogP contribution in [-0.2, 0) is 4.79 Å². The number of amides is 1. The van der Waals surface area contributed by atoms with Gasteiger partial charge in [-0.25, -0.2) is 0 Å². The first kappa shape index (κ1) is 16.3. The van der Waals surface area contributed by atoms with Crippen LogP contribution in [0.3, 0.4) is 0 Å². The molecule has 2 rings (SSSR count). The molecule has 0 aromatic rings. The number of piperidine rings is 1. The van der Waals surface area contributed by atoms with E-state index in [0.717, 1.165) is 6.42 Å². The molecule has 1 radical (unpaired) electrons. The van der Waals surface area contributed by atoms with E-state index >= 15 is 0 Å².